The zero-order chi connectivity index (χ0) is 12.3. The van der Waals surface area contributed by atoms with Crippen LogP contribution in [0.5, 0.6) is 0 Å². The molecule has 1 aromatic heterocycles. The van der Waals surface area contributed by atoms with E-state index in [-0.39, 0.29) is 16.8 Å². The van der Waals surface area contributed by atoms with Crippen molar-refractivity contribution in [2.24, 2.45) is 0 Å². The summed E-state index contributed by atoms with van der Waals surface area (Å²) in [5.74, 6) is 0. The molecule has 0 aromatic carbocycles. The monoisotopic (exact) mass is 247 g/mol. The molecule has 3 nitrogen and oxygen atoms in total. The molecule has 0 aliphatic carbocycles. The van der Waals surface area contributed by atoms with E-state index in [0.717, 1.165) is 12.8 Å². The fourth-order valence-corrected chi connectivity index (χ4v) is 1.88. The SMILES string of the molecule is CCC(CC)n1nc(C(F)F)c(C#N)c1Cl. The number of hydrogen-bond acceptors (Lipinski definition) is 2. The summed E-state index contributed by atoms with van der Waals surface area (Å²) < 4.78 is 26.5. The van der Waals surface area contributed by atoms with Gasteiger partial charge in [-0.25, -0.2) is 13.5 Å². The van der Waals surface area contributed by atoms with E-state index in [9.17, 15) is 8.78 Å². The second-order valence-corrected chi connectivity index (χ2v) is 3.74. The molecule has 0 unspecified atom stereocenters. The molecule has 0 atom stereocenters. The third-order valence-corrected chi connectivity index (χ3v) is 2.85. The molecule has 16 heavy (non-hydrogen) atoms. The molecule has 0 aliphatic rings. The minimum absolute atomic E-state index is 0.00602. The molecule has 0 bridgehead atoms. The topological polar surface area (TPSA) is 41.6 Å². The minimum Gasteiger partial charge on any atom is -0.249 e. The van der Waals surface area contributed by atoms with Crippen LogP contribution < -0.4 is 0 Å². The molecule has 0 saturated carbocycles. The molecule has 1 aromatic rings. The third kappa shape index (κ3) is 2.17. The Morgan fingerprint density at radius 3 is 2.31 bits per heavy atom. The zero-order valence-corrected chi connectivity index (χ0v) is 9.80. The summed E-state index contributed by atoms with van der Waals surface area (Å²) in [4.78, 5) is 0. The maximum absolute atomic E-state index is 12.6. The van der Waals surface area contributed by atoms with Crippen molar-refractivity contribution < 1.29 is 8.78 Å². The quantitative estimate of drug-likeness (QED) is 0.814. The van der Waals surface area contributed by atoms with Gasteiger partial charge in [-0.15, -0.1) is 0 Å². The Hall–Kier alpha value is -1.15. The standard InChI is InChI=1S/C10H12ClF2N3/c1-3-6(4-2)16-9(11)7(5-14)8(15-16)10(12)13/h6,10H,3-4H2,1-2H3. The van der Waals surface area contributed by atoms with Gasteiger partial charge in [-0.1, -0.05) is 25.4 Å². The van der Waals surface area contributed by atoms with Gasteiger partial charge < -0.3 is 0 Å². The molecular weight excluding hydrogens is 236 g/mol. The molecule has 0 saturated heterocycles. The lowest BCUT2D eigenvalue weighted by Gasteiger charge is -2.13. The van der Waals surface area contributed by atoms with E-state index in [1.54, 1.807) is 6.07 Å². The van der Waals surface area contributed by atoms with Gasteiger partial charge in [-0.2, -0.15) is 10.4 Å². The number of hydrogen-bond donors (Lipinski definition) is 0. The lowest BCUT2D eigenvalue weighted by molar-refractivity contribution is 0.144. The van der Waals surface area contributed by atoms with Crippen molar-refractivity contribution in [3.05, 3.63) is 16.4 Å². The predicted octanol–water partition coefficient (Wildman–Crippen LogP) is 3.71. The number of rotatable bonds is 4. The van der Waals surface area contributed by atoms with E-state index >= 15 is 0 Å². The van der Waals surface area contributed by atoms with Gasteiger partial charge in [0.15, 0.2) is 0 Å². The maximum atomic E-state index is 12.6. The lowest BCUT2D eigenvalue weighted by atomic mass is 10.2. The van der Waals surface area contributed by atoms with E-state index in [0.29, 0.717) is 0 Å². The van der Waals surface area contributed by atoms with E-state index < -0.39 is 12.1 Å². The fraction of sp³-hybridized carbons (Fsp3) is 0.600. The van der Waals surface area contributed by atoms with Crippen LogP contribution >= 0.6 is 11.6 Å². The average molecular weight is 248 g/mol. The number of nitrogens with zero attached hydrogens (tertiary/aromatic N) is 3. The third-order valence-electron chi connectivity index (χ3n) is 2.49. The van der Waals surface area contributed by atoms with Gasteiger partial charge in [-0.05, 0) is 12.8 Å². The first-order chi connectivity index (χ1) is 7.56. The molecule has 6 heteroatoms. The first kappa shape index (κ1) is 12.9. The largest absolute Gasteiger partial charge is 0.283 e. The van der Waals surface area contributed by atoms with Gasteiger partial charge in [-0.3, -0.25) is 0 Å². The number of aromatic nitrogens is 2. The molecule has 1 heterocycles. The number of nitriles is 1. The zero-order valence-electron chi connectivity index (χ0n) is 9.04. The molecule has 1 rings (SSSR count). The van der Waals surface area contributed by atoms with Gasteiger partial charge in [0.1, 0.15) is 22.5 Å². The summed E-state index contributed by atoms with van der Waals surface area (Å²) >= 11 is 5.87. The molecule has 0 N–H and O–H groups in total. The van der Waals surface area contributed by atoms with Crippen molar-refractivity contribution in [2.75, 3.05) is 0 Å². The van der Waals surface area contributed by atoms with E-state index in [4.69, 9.17) is 16.9 Å². The van der Waals surface area contributed by atoms with Gasteiger partial charge in [0, 0.05) is 0 Å². The van der Waals surface area contributed by atoms with Crippen LogP contribution in [0.15, 0.2) is 0 Å². The molecule has 0 aliphatic heterocycles. The second kappa shape index (κ2) is 5.26. The summed E-state index contributed by atoms with van der Waals surface area (Å²) in [7, 11) is 0. The minimum atomic E-state index is -2.78. The van der Waals surface area contributed by atoms with Crippen LogP contribution in [0.25, 0.3) is 0 Å². The highest BCUT2D eigenvalue weighted by molar-refractivity contribution is 6.30. The Balaban J connectivity index is 3.28. The molecule has 0 amide bonds. The first-order valence-electron chi connectivity index (χ1n) is 5.02. The summed E-state index contributed by atoms with van der Waals surface area (Å²) in [6.07, 6.45) is -1.32. The Bertz CT molecular complexity index is 405. The van der Waals surface area contributed by atoms with Crippen LogP contribution in [-0.4, -0.2) is 9.78 Å². The number of halogens is 3. The lowest BCUT2D eigenvalue weighted by Crippen LogP contribution is -2.09. The van der Waals surface area contributed by atoms with Gasteiger partial charge >= 0.3 is 0 Å². The van der Waals surface area contributed by atoms with Crippen LogP contribution in [0.4, 0.5) is 8.78 Å². The van der Waals surface area contributed by atoms with Gasteiger partial charge in [0.25, 0.3) is 6.43 Å². The summed E-state index contributed by atoms with van der Waals surface area (Å²) in [6, 6.07) is 1.62. The molecular formula is C10H12ClF2N3. The molecule has 0 spiro atoms. The predicted molar refractivity (Wildman–Crippen MR) is 56.5 cm³/mol. The van der Waals surface area contributed by atoms with Crippen molar-refractivity contribution in [3.8, 4) is 6.07 Å². The average Bonchev–Trinajstić information content (AvgIpc) is 2.58. The Labute approximate surface area is 97.6 Å². The fourth-order valence-electron chi connectivity index (χ4n) is 1.56. The molecule has 88 valence electrons. The van der Waals surface area contributed by atoms with E-state index in [1.165, 1.54) is 4.68 Å². The van der Waals surface area contributed by atoms with Crippen LogP contribution in [-0.2, 0) is 0 Å². The van der Waals surface area contributed by atoms with Crippen molar-refractivity contribution in [1.82, 2.24) is 9.78 Å². The van der Waals surface area contributed by atoms with Gasteiger partial charge in [0.05, 0.1) is 6.04 Å². The first-order valence-corrected chi connectivity index (χ1v) is 5.40. The van der Waals surface area contributed by atoms with E-state index in [1.807, 2.05) is 13.8 Å². The molecule has 0 fully saturated rings. The van der Waals surface area contributed by atoms with Crippen molar-refractivity contribution in [3.63, 3.8) is 0 Å². The van der Waals surface area contributed by atoms with Crippen LogP contribution in [0.1, 0.15) is 50.4 Å². The maximum Gasteiger partial charge on any atom is 0.283 e. The second-order valence-electron chi connectivity index (χ2n) is 3.38. The number of alkyl halides is 2. The van der Waals surface area contributed by atoms with Crippen molar-refractivity contribution in [1.29, 1.82) is 5.26 Å². The van der Waals surface area contributed by atoms with Gasteiger partial charge in [0.2, 0.25) is 0 Å². The highest BCUT2D eigenvalue weighted by atomic mass is 35.5. The Morgan fingerprint density at radius 2 is 2.00 bits per heavy atom. The van der Waals surface area contributed by atoms with Crippen LogP contribution in [0.2, 0.25) is 5.15 Å². The summed E-state index contributed by atoms with van der Waals surface area (Å²) in [5.41, 5.74) is -0.747. The molecule has 0 radical (unpaired) electrons. The van der Waals surface area contributed by atoms with Crippen molar-refractivity contribution >= 4 is 11.6 Å². The smallest absolute Gasteiger partial charge is 0.249 e. The Morgan fingerprint density at radius 1 is 1.44 bits per heavy atom. The summed E-state index contributed by atoms with van der Waals surface area (Å²) in [5, 5.41) is 12.5. The van der Waals surface area contributed by atoms with Crippen LogP contribution in [0.3, 0.4) is 0 Å². The Kier molecular flexibility index (Phi) is 4.25. The normalized spacial score (nSPS) is 11.1. The highest BCUT2D eigenvalue weighted by Gasteiger charge is 2.25. The van der Waals surface area contributed by atoms with Crippen molar-refractivity contribution in [2.45, 2.75) is 39.2 Å². The summed E-state index contributed by atoms with van der Waals surface area (Å²) in [6.45, 7) is 3.83. The van der Waals surface area contributed by atoms with Crippen LogP contribution in [0, 0.1) is 11.3 Å². The highest BCUT2D eigenvalue weighted by Crippen LogP contribution is 2.30. The van der Waals surface area contributed by atoms with E-state index in [2.05, 4.69) is 5.10 Å².